The lowest BCUT2D eigenvalue weighted by Crippen LogP contribution is -2.64. The molecule has 0 bridgehead atoms. The van der Waals surface area contributed by atoms with Crippen molar-refractivity contribution in [2.75, 3.05) is 19.6 Å². The minimum atomic E-state index is -1.03. The van der Waals surface area contributed by atoms with E-state index in [2.05, 4.69) is 22.3 Å². The number of amides is 1. The topological polar surface area (TPSA) is 78.9 Å². The number of hydrogen-bond acceptors (Lipinski definition) is 4. The van der Waals surface area contributed by atoms with Crippen molar-refractivity contribution in [2.45, 2.75) is 25.0 Å². The number of rotatable bonds is 5. The van der Waals surface area contributed by atoms with Gasteiger partial charge in [0.15, 0.2) is 5.72 Å². The molecule has 1 saturated heterocycles. The van der Waals surface area contributed by atoms with Gasteiger partial charge in [-0.05, 0) is 48.7 Å². The molecule has 1 fully saturated rings. The molecule has 2 aliphatic heterocycles. The maximum atomic E-state index is 12.8. The lowest BCUT2D eigenvalue weighted by molar-refractivity contribution is -0.131. The molecule has 2 aliphatic rings. The van der Waals surface area contributed by atoms with E-state index in [1.54, 1.807) is 18.2 Å². The lowest BCUT2D eigenvalue weighted by Gasteiger charge is -2.45. The van der Waals surface area contributed by atoms with Crippen molar-refractivity contribution in [3.8, 4) is 5.75 Å². The number of piperidine rings is 1. The zero-order chi connectivity index (χ0) is 20.3. The Labute approximate surface area is 169 Å². The second kappa shape index (κ2) is 8.09. The monoisotopic (exact) mass is 392 g/mol. The molecule has 1 unspecified atom stereocenters. The van der Waals surface area contributed by atoms with Gasteiger partial charge in [0.25, 0.3) is 5.91 Å². The van der Waals surface area contributed by atoms with E-state index < -0.39 is 11.7 Å². The first-order chi connectivity index (χ1) is 14.0. The highest BCUT2D eigenvalue weighted by molar-refractivity contribution is 5.99. The van der Waals surface area contributed by atoms with Crippen LogP contribution in [0.4, 0.5) is 0 Å². The maximum absolute atomic E-state index is 12.8. The summed E-state index contributed by atoms with van der Waals surface area (Å²) in [7, 11) is 0. The highest BCUT2D eigenvalue weighted by Crippen LogP contribution is 2.33. The molecule has 0 radical (unpaired) electrons. The van der Waals surface area contributed by atoms with Crippen LogP contribution in [0, 0.1) is 0 Å². The van der Waals surface area contributed by atoms with Gasteiger partial charge >= 0.3 is 5.97 Å². The number of carboxylic acids is 1. The van der Waals surface area contributed by atoms with E-state index in [1.807, 2.05) is 18.2 Å². The second-order valence-electron chi connectivity index (χ2n) is 7.59. The van der Waals surface area contributed by atoms with Crippen LogP contribution >= 0.6 is 0 Å². The van der Waals surface area contributed by atoms with Crippen LogP contribution in [0.15, 0.2) is 54.6 Å². The first kappa shape index (κ1) is 19.2. The Bertz CT molecular complexity index is 941. The molecule has 1 amide bonds. The number of nitrogens with one attached hydrogen (secondary N) is 1. The van der Waals surface area contributed by atoms with Gasteiger partial charge in [0.1, 0.15) is 5.75 Å². The normalized spacial score (nSPS) is 21.6. The van der Waals surface area contributed by atoms with Gasteiger partial charge in [0, 0.05) is 19.0 Å². The maximum Gasteiger partial charge on any atom is 0.328 e. The Balaban J connectivity index is 1.46. The molecule has 0 saturated carbocycles. The second-order valence-corrected chi connectivity index (χ2v) is 7.59. The van der Waals surface area contributed by atoms with E-state index in [9.17, 15) is 9.59 Å². The molecule has 6 heteroatoms. The first-order valence-electron chi connectivity index (χ1n) is 9.86. The van der Waals surface area contributed by atoms with Crippen LogP contribution in [0.3, 0.4) is 0 Å². The number of carbonyl (C=O) groups is 2. The fourth-order valence-corrected chi connectivity index (χ4v) is 4.01. The van der Waals surface area contributed by atoms with E-state index in [-0.39, 0.29) is 5.91 Å². The average molecular weight is 392 g/mol. The van der Waals surface area contributed by atoms with Crippen molar-refractivity contribution in [3.63, 3.8) is 0 Å². The van der Waals surface area contributed by atoms with Crippen molar-refractivity contribution in [1.29, 1.82) is 0 Å². The third-order valence-corrected chi connectivity index (χ3v) is 5.41. The molecule has 6 nitrogen and oxygen atoms in total. The SMILES string of the molecule is O=C(O)C=Cc1ccc2c(c1)C(=O)NC1(CCCN(CCc3ccccc3)C1)O2. The molecule has 29 heavy (non-hydrogen) atoms. The van der Waals surface area contributed by atoms with E-state index in [0.29, 0.717) is 23.4 Å². The van der Waals surface area contributed by atoms with Gasteiger partial charge in [0.05, 0.1) is 12.1 Å². The summed E-state index contributed by atoms with van der Waals surface area (Å²) in [6, 6.07) is 15.6. The summed E-state index contributed by atoms with van der Waals surface area (Å²) in [5.41, 5.74) is 1.67. The molecule has 4 rings (SSSR count). The summed E-state index contributed by atoms with van der Waals surface area (Å²) in [5, 5.41) is 11.8. The van der Waals surface area contributed by atoms with Crippen LogP contribution in [0.25, 0.3) is 6.08 Å². The summed E-state index contributed by atoms with van der Waals surface area (Å²) in [6.07, 6.45) is 5.19. The van der Waals surface area contributed by atoms with E-state index >= 15 is 0 Å². The molecular formula is C23H24N2O4. The van der Waals surface area contributed by atoms with Gasteiger partial charge in [0.2, 0.25) is 0 Å². The van der Waals surface area contributed by atoms with Gasteiger partial charge in [-0.2, -0.15) is 0 Å². The number of benzene rings is 2. The number of aliphatic carboxylic acids is 1. The van der Waals surface area contributed by atoms with Crippen molar-refractivity contribution in [3.05, 3.63) is 71.3 Å². The molecule has 1 spiro atoms. The minimum absolute atomic E-state index is 0.179. The van der Waals surface area contributed by atoms with Gasteiger partial charge in [-0.1, -0.05) is 36.4 Å². The number of ether oxygens (including phenoxy) is 1. The minimum Gasteiger partial charge on any atom is -0.478 e. The fraction of sp³-hybridized carbons (Fsp3) is 0.304. The van der Waals surface area contributed by atoms with Crippen LogP contribution < -0.4 is 10.1 Å². The zero-order valence-electron chi connectivity index (χ0n) is 16.1. The van der Waals surface area contributed by atoms with E-state index in [1.165, 1.54) is 11.6 Å². The Morgan fingerprint density at radius 1 is 1.24 bits per heavy atom. The third kappa shape index (κ3) is 4.49. The molecule has 2 heterocycles. The van der Waals surface area contributed by atoms with Crippen LogP contribution in [0.1, 0.15) is 34.3 Å². The number of nitrogens with zero attached hydrogens (tertiary/aromatic N) is 1. The quantitative estimate of drug-likeness (QED) is 0.765. The smallest absolute Gasteiger partial charge is 0.328 e. The largest absolute Gasteiger partial charge is 0.478 e. The molecule has 2 aromatic rings. The zero-order valence-corrected chi connectivity index (χ0v) is 16.1. The Hall–Kier alpha value is -3.12. The summed E-state index contributed by atoms with van der Waals surface area (Å²) in [6.45, 7) is 2.54. The fourth-order valence-electron chi connectivity index (χ4n) is 4.01. The van der Waals surface area contributed by atoms with Gasteiger partial charge in [-0.25, -0.2) is 4.79 Å². The summed E-state index contributed by atoms with van der Waals surface area (Å²) in [5.74, 6) is -0.659. The van der Waals surface area contributed by atoms with Crippen molar-refractivity contribution >= 4 is 18.0 Å². The molecule has 0 aliphatic carbocycles. The van der Waals surface area contributed by atoms with Gasteiger partial charge in [-0.15, -0.1) is 0 Å². The number of hydrogen-bond donors (Lipinski definition) is 2. The average Bonchev–Trinajstić information content (AvgIpc) is 2.72. The Morgan fingerprint density at radius 3 is 2.86 bits per heavy atom. The van der Waals surface area contributed by atoms with Gasteiger partial charge < -0.3 is 15.2 Å². The van der Waals surface area contributed by atoms with Crippen molar-refractivity contribution in [1.82, 2.24) is 10.2 Å². The molecule has 0 aromatic heterocycles. The number of carbonyl (C=O) groups excluding carboxylic acids is 1. The first-order valence-corrected chi connectivity index (χ1v) is 9.86. The summed E-state index contributed by atoms with van der Waals surface area (Å²) < 4.78 is 6.28. The standard InChI is InChI=1S/C23H24N2O4/c26-21(27)10-8-18-7-9-20-19(15-18)22(28)24-23(29-20)12-4-13-25(16-23)14-11-17-5-2-1-3-6-17/h1-3,5-10,15H,4,11-14,16H2,(H,24,28)(H,26,27). The number of carboxylic acid groups (broad SMARTS) is 1. The van der Waals surface area contributed by atoms with Gasteiger partial charge in [-0.3, -0.25) is 9.69 Å². The third-order valence-electron chi connectivity index (χ3n) is 5.41. The molecule has 2 aromatic carbocycles. The number of fused-ring (bicyclic) bond motifs is 1. The highest BCUT2D eigenvalue weighted by atomic mass is 16.5. The predicted molar refractivity (Wildman–Crippen MR) is 110 cm³/mol. The summed E-state index contributed by atoms with van der Waals surface area (Å²) in [4.78, 5) is 25.8. The van der Waals surface area contributed by atoms with Crippen molar-refractivity contribution < 1.29 is 19.4 Å². The van der Waals surface area contributed by atoms with E-state index in [4.69, 9.17) is 9.84 Å². The van der Waals surface area contributed by atoms with Crippen LogP contribution in [-0.2, 0) is 11.2 Å². The molecule has 150 valence electrons. The highest BCUT2D eigenvalue weighted by Gasteiger charge is 2.43. The predicted octanol–water partition coefficient (Wildman–Crippen LogP) is 2.94. The summed E-state index contributed by atoms with van der Waals surface area (Å²) >= 11 is 0. The Morgan fingerprint density at radius 2 is 2.07 bits per heavy atom. The van der Waals surface area contributed by atoms with E-state index in [0.717, 1.165) is 38.4 Å². The lowest BCUT2D eigenvalue weighted by atomic mass is 9.97. The van der Waals surface area contributed by atoms with Crippen LogP contribution in [-0.4, -0.2) is 47.2 Å². The van der Waals surface area contributed by atoms with Crippen LogP contribution in [0.2, 0.25) is 0 Å². The van der Waals surface area contributed by atoms with Crippen LogP contribution in [0.5, 0.6) is 5.75 Å². The number of likely N-dealkylation sites (tertiary alicyclic amines) is 1. The molecule has 1 atom stereocenters. The molecule has 2 N–H and O–H groups in total. The Kier molecular flexibility index (Phi) is 5.36. The molecular weight excluding hydrogens is 368 g/mol. The van der Waals surface area contributed by atoms with Crippen molar-refractivity contribution in [2.24, 2.45) is 0 Å².